The maximum atomic E-state index is 13.7. The molecule has 146 valence electrons. The molecule has 27 heavy (non-hydrogen) atoms. The zero-order valence-corrected chi connectivity index (χ0v) is 15.5. The molecule has 5 aliphatic rings. The number of benzene rings is 1. The van der Waals surface area contributed by atoms with E-state index in [1.807, 2.05) is 11.8 Å². The molecule has 0 radical (unpaired) electrons. The highest BCUT2D eigenvalue weighted by Gasteiger charge is 2.58. The molecule has 0 aromatic heterocycles. The summed E-state index contributed by atoms with van der Waals surface area (Å²) in [6.45, 7) is 2.59. The number of urea groups is 1. The van der Waals surface area contributed by atoms with E-state index in [1.54, 1.807) is 6.07 Å². The fourth-order valence-corrected chi connectivity index (χ4v) is 6.87. The summed E-state index contributed by atoms with van der Waals surface area (Å²) in [4.78, 5) is 14.8. The Kier molecular flexibility index (Phi) is 3.65. The average Bonchev–Trinajstić information content (AvgIpc) is 2.92. The van der Waals surface area contributed by atoms with Gasteiger partial charge in [-0.2, -0.15) is 0 Å². The second kappa shape index (κ2) is 5.66. The Labute approximate surface area is 157 Å². The molecule has 1 aromatic carbocycles. The van der Waals surface area contributed by atoms with Crippen molar-refractivity contribution in [1.29, 1.82) is 0 Å². The van der Waals surface area contributed by atoms with Crippen LogP contribution in [0.25, 0.3) is 0 Å². The lowest BCUT2D eigenvalue weighted by Crippen LogP contribution is -2.60. The molecule has 6 heteroatoms. The summed E-state index contributed by atoms with van der Waals surface area (Å²) < 4.78 is 27.1. The van der Waals surface area contributed by atoms with Gasteiger partial charge in [-0.15, -0.1) is 0 Å². The normalized spacial score (nSPS) is 42.7. The van der Waals surface area contributed by atoms with Crippen LogP contribution in [0, 0.1) is 34.8 Å². The first-order valence-electron chi connectivity index (χ1n) is 9.98. The molecular formula is C21H26F2N2O2. The fraction of sp³-hybridized carbons (Fsp3) is 0.667. The van der Waals surface area contributed by atoms with Crippen LogP contribution in [-0.4, -0.2) is 35.2 Å². The van der Waals surface area contributed by atoms with E-state index in [9.17, 15) is 18.7 Å². The molecule has 1 aliphatic heterocycles. The van der Waals surface area contributed by atoms with Crippen molar-refractivity contribution in [2.45, 2.75) is 50.6 Å². The predicted octanol–water partition coefficient (Wildman–Crippen LogP) is 3.39. The van der Waals surface area contributed by atoms with Gasteiger partial charge in [0.25, 0.3) is 0 Å². The fourth-order valence-electron chi connectivity index (χ4n) is 6.87. The SMILES string of the molecule is CC1(c2ccc(F)c(F)c2)CN(C2C3CC4CC2CC(CO)(C4)C3)C(=O)N1. The number of rotatable bonds is 3. The molecule has 5 fully saturated rings. The van der Waals surface area contributed by atoms with Crippen molar-refractivity contribution < 1.29 is 18.7 Å². The highest BCUT2D eigenvalue weighted by Crippen LogP contribution is 2.61. The summed E-state index contributed by atoms with van der Waals surface area (Å²) in [5.41, 5.74) is -0.0745. The second-order valence-electron chi connectivity index (χ2n) is 9.64. The zero-order valence-electron chi connectivity index (χ0n) is 15.5. The molecule has 1 saturated heterocycles. The summed E-state index contributed by atoms with van der Waals surface area (Å²) in [6, 6.07) is 3.95. The summed E-state index contributed by atoms with van der Waals surface area (Å²) >= 11 is 0. The Bertz CT molecular complexity index is 784. The molecule has 1 aromatic rings. The van der Waals surface area contributed by atoms with Gasteiger partial charge < -0.3 is 15.3 Å². The summed E-state index contributed by atoms with van der Waals surface area (Å²) in [6.07, 6.45) is 5.38. The number of halogens is 2. The highest BCUT2D eigenvalue weighted by atomic mass is 19.2. The van der Waals surface area contributed by atoms with Crippen molar-refractivity contribution in [2.24, 2.45) is 23.2 Å². The number of carbonyl (C=O) groups excluding carboxylic acids is 1. The third kappa shape index (κ3) is 2.52. The van der Waals surface area contributed by atoms with Gasteiger partial charge in [-0.3, -0.25) is 0 Å². The van der Waals surface area contributed by atoms with Gasteiger partial charge in [0.1, 0.15) is 0 Å². The van der Waals surface area contributed by atoms with Crippen LogP contribution >= 0.6 is 0 Å². The van der Waals surface area contributed by atoms with Gasteiger partial charge >= 0.3 is 6.03 Å². The van der Waals surface area contributed by atoms with E-state index < -0.39 is 17.2 Å². The molecule has 6 rings (SSSR count). The molecule has 4 saturated carbocycles. The molecule has 3 atom stereocenters. The zero-order chi connectivity index (χ0) is 19.0. The number of amides is 2. The van der Waals surface area contributed by atoms with E-state index in [0.29, 0.717) is 29.9 Å². The average molecular weight is 376 g/mol. The number of aliphatic hydroxyl groups excluding tert-OH is 1. The van der Waals surface area contributed by atoms with Crippen LogP contribution in [0.5, 0.6) is 0 Å². The van der Waals surface area contributed by atoms with E-state index in [4.69, 9.17) is 0 Å². The molecule has 2 N–H and O–H groups in total. The lowest BCUT2D eigenvalue weighted by Gasteiger charge is -2.61. The van der Waals surface area contributed by atoms with Crippen molar-refractivity contribution in [3.8, 4) is 0 Å². The van der Waals surface area contributed by atoms with E-state index in [-0.39, 0.29) is 24.1 Å². The molecule has 4 nitrogen and oxygen atoms in total. The molecule has 4 bridgehead atoms. The Morgan fingerprint density at radius 1 is 1.19 bits per heavy atom. The van der Waals surface area contributed by atoms with Crippen LogP contribution in [0.15, 0.2) is 18.2 Å². The third-order valence-electron chi connectivity index (χ3n) is 7.73. The first kappa shape index (κ1) is 17.4. The Morgan fingerprint density at radius 2 is 1.89 bits per heavy atom. The van der Waals surface area contributed by atoms with Crippen molar-refractivity contribution >= 4 is 6.03 Å². The molecule has 3 unspecified atom stereocenters. The topological polar surface area (TPSA) is 52.6 Å². The van der Waals surface area contributed by atoms with Crippen LogP contribution in [0.1, 0.15) is 44.6 Å². The van der Waals surface area contributed by atoms with E-state index in [1.165, 1.54) is 6.07 Å². The first-order valence-corrected chi connectivity index (χ1v) is 9.98. The number of hydrogen-bond donors (Lipinski definition) is 2. The molecular weight excluding hydrogens is 350 g/mol. The maximum Gasteiger partial charge on any atom is 0.318 e. The van der Waals surface area contributed by atoms with E-state index >= 15 is 0 Å². The van der Waals surface area contributed by atoms with Gasteiger partial charge in [0.2, 0.25) is 0 Å². The van der Waals surface area contributed by atoms with E-state index in [0.717, 1.165) is 38.2 Å². The van der Waals surface area contributed by atoms with Crippen molar-refractivity contribution in [2.75, 3.05) is 13.2 Å². The largest absolute Gasteiger partial charge is 0.396 e. The molecule has 2 amide bonds. The van der Waals surface area contributed by atoms with Crippen LogP contribution in [0.2, 0.25) is 0 Å². The van der Waals surface area contributed by atoms with Gasteiger partial charge in [-0.25, -0.2) is 13.6 Å². The van der Waals surface area contributed by atoms with Gasteiger partial charge in [0, 0.05) is 19.2 Å². The van der Waals surface area contributed by atoms with Crippen molar-refractivity contribution in [3.05, 3.63) is 35.4 Å². The number of nitrogens with one attached hydrogen (secondary N) is 1. The Hall–Kier alpha value is -1.69. The number of carbonyl (C=O) groups is 1. The Morgan fingerprint density at radius 3 is 2.52 bits per heavy atom. The lowest BCUT2D eigenvalue weighted by atomic mass is 9.48. The van der Waals surface area contributed by atoms with Crippen LogP contribution in [0.4, 0.5) is 13.6 Å². The quantitative estimate of drug-likeness (QED) is 0.850. The minimum atomic E-state index is -0.888. The molecule has 0 spiro atoms. The van der Waals surface area contributed by atoms with Crippen LogP contribution in [0.3, 0.4) is 0 Å². The standard InChI is InChI=1S/C21H26F2N2O2/c1-20(15-2-3-16(22)17(23)6-15)10-25(19(27)24-20)18-13-4-12-5-14(18)9-21(7-12,8-13)11-26/h2-3,6,12-14,18,26H,4-5,7-11H2,1H3,(H,24,27). The summed E-state index contributed by atoms with van der Waals surface area (Å²) in [5, 5.41) is 13.0. The molecule has 4 aliphatic carbocycles. The smallest absolute Gasteiger partial charge is 0.318 e. The Balaban J connectivity index is 1.42. The predicted molar refractivity (Wildman–Crippen MR) is 95.8 cm³/mol. The van der Waals surface area contributed by atoms with Crippen LogP contribution < -0.4 is 5.32 Å². The van der Waals surface area contributed by atoms with Crippen molar-refractivity contribution in [3.63, 3.8) is 0 Å². The van der Waals surface area contributed by atoms with Crippen molar-refractivity contribution in [1.82, 2.24) is 10.2 Å². The lowest BCUT2D eigenvalue weighted by molar-refractivity contribution is -0.118. The number of nitrogens with zero attached hydrogens (tertiary/aromatic N) is 1. The van der Waals surface area contributed by atoms with Gasteiger partial charge in [-0.05, 0) is 79.9 Å². The van der Waals surface area contributed by atoms with Gasteiger partial charge in [-0.1, -0.05) is 6.07 Å². The maximum absolute atomic E-state index is 13.7. The number of hydrogen-bond acceptors (Lipinski definition) is 2. The second-order valence-corrected chi connectivity index (χ2v) is 9.64. The monoisotopic (exact) mass is 376 g/mol. The summed E-state index contributed by atoms with van der Waals surface area (Å²) in [7, 11) is 0. The van der Waals surface area contributed by atoms with Gasteiger partial charge in [0.05, 0.1) is 5.54 Å². The third-order valence-corrected chi connectivity index (χ3v) is 7.73. The van der Waals surface area contributed by atoms with Crippen LogP contribution in [-0.2, 0) is 5.54 Å². The number of aliphatic hydroxyl groups is 1. The molecule has 1 heterocycles. The minimum absolute atomic E-state index is 0.0621. The minimum Gasteiger partial charge on any atom is -0.396 e. The highest BCUT2D eigenvalue weighted by molar-refractivity contribution is 5.79. The summed E-state index contributed by atoms with van der Waals surface area (Å²) in [5.74, 6) is -0.225. The van der Waals surface area contributed by atoms with Gasteiger partial charge in [0.15, 0.2) is 11.6 Å². The first-order chi connectivity index (χ1) is 12.8. The van der Waals surface area contributed by atoms with E-state index in [2.05, 4.69) is 5.32 Å².